The summed E-state index contributed by atoms with van der Waals surface area (Å²) >= 11 is 0. The van der Waals surface area contributed by atoms with E-state index < -0.39 is 0 Å². The van der Waals surface area contributed by atoms with Crippen molar-refractivity contribution < 1.29 is 14.3 Å². The summed E-state index contributed by atoms with van der Waals surface area (Å²) in [6.45, 7) is 0.525. The minimum absolute atomic E-state index is 0.00439. The summed E-state index contributed by atoms with van der Waals surface area (Å²) in [5.74, 6) is 0.993. The lowest BCUT2D eigenvalue weighted by Crippen LogP contribution is -2.10. The van der Waals surface area contributed by atoms with Crippen LogP contribution in [0.5, 0.6) is 11.5 Å². The van der Waals surface area contributed by atoms with Crippen LogP contribution in [0.1, 0.15) is 11.1 Å². The molecule has 0 saturated heterocycles. The van der Waals surface area contributed by atoms with Crippen LogP contribution in [0, 0.1) is 11.3 Å². The maximum absolute atomic E-state index is 12.3. The molecule has 0 unspecified atom stereocenters. The number of nitriles is 1. The highest BCUT2D eigenvalue weighted by molar-refractivity contribution is 6.02. The van der Waals surface area contributed by atoms with Gasteiger partial charge >= 0.3 is 0 Å². The molecule has 1 amide bonds. The van der Waals surface area contributed by atoms with Gasteiger partial charge in [-0.05, 0) is 41.5 Å². The van der Waals surface area contributed by atoms with Gasteiger partial charge in [-0.25, -0.2) is 0 Å². The zero-order valence-corrected chi connectivity index (χ0v) is 16.5. The second-order valence-corrected chi connectivity index (χ2v) is 6.42. The summed E-state index contributed by atoms with van der Waals surface area (Å²) < 4.78 is 11.1. The Hall–Kier alpha value is -4.04. The van der Waals surface area contributed by atoms with E-state index in [-0.39, 0.29) is 12.5 Å². The molecule has 0 radical (unpaired) electrons. The number of carbonyl (C=O) groups excluding carboxylic acids is 1. The SMILES string of the molecule is N#CCOc1ccc(/C=C/C(=O)Nc2ccccc2OCCc2ccccc2)cc1. The topological polar surface area (TPSA) is 71.3 Å². The largest absolute Gasteiger partial charge is 0.491 e. The predicted octanol–water partition coefficient (Wildman–Crippen LogP) is 4.86. The molecule has 0 aliphatic rings. The number of rotatable bonds is 9. The van der Waals surface area contributed by atoms with Crippen molar-refractivity contribution in [1.29, 1.82) is 5.26 Å². The van der Waals surface area contributed by atoms with E-state index in [4.69, 9.17) is 14.7 Å². The summed E-state index contributed by atoms with van der Waals surface area (Å²) in [6.07, 6.45) is 3.96. The van der Waals surface area contributed by atoms with Crippen LogP contribution >= 0.6 is 0 Å². The molecule has 0 saturated carbocycles. The van der Waals surface area contributed by atoms with Gasteiger partial charge < -0.3 is 14.8 Å². The first kappa shape index (κ1) is 20.7. The summed E-state index contributed by atoms with van der Waals surface area (Å²) in [6, 6.07) is 26.5. The Kier molecular flexibility index (Phi) is 7.64. The number of para-hydroxylation sites is 2. The molecule has 0 atom stereocenters. The summed E-state index contributed by atoms with van der Waals surface area (Å²) in [5.41, 5.74) is 2.67. The average molecular weight is 398 g/mol. The third-order valence-corrected chi connectivity index (χ3v) is 4.25. The minimum atomic E-state index is -0.251. The minimum Gasteiger partial charge on any atom is -0.491 e. The number of benzene rings is 3. The van der Waals surface area contributed by atoms with Crippen LogP contribution in [0.3, 0.4) is 0 Å². The quantitative estimate of drug-likeness (QED) is 0.523. The van der Waals surface area contributed by atoms with Crippen molar-refractivity contribution in [2.75, 3.05) is 18.5 Å². The molecule has 1 N–H and O–H groups in total. The number of hydrogen-bond acceptors (Lipinski definition) is 4. The molecule has 0 bridgehead atoms. The van der Waals surface area contributed by atoms with E-state index >= 15 is 0 Å². The van der Waals surface area contributed by atoms with Gasteiger partial charge in [-0.15, -0.1) is 0 Å². The second kappa shape index (κ2) is 11.1. The van der Waals surface area contributed by atoms with Crippen molar-refractivity contribution in [1.82, 2.24) is 0 Å². The third kappa shape index (κ3) is 6.54. The molecule has 150 valence electrons. The summed E-state index contributed by atoms with van der Waals surface area (Å²) in [5, 5.41) is 11.4. The molecular weight excluding hydrogens is 376 g/mol. The molecule has 0 heterocycles. The molecule has 5 nitrogen and oxygen atoms in total. The van der Waals surface area contributed by atoms with Crippen LogP contribution in [0.4, 0.5) is 5.69 Å². The van der Waals surface area contributed by atoms with Gasteiger partial charge in [-0.1, -0.05) is 54.6 Å². The molecule has 0 aliphatic carbocycles. The Bertz CT molecular complexity index is 1020. The van der Waals surface area contributed by atoms with Crippen molar-refractivity contribution in [2.24, 2.45) is 0 Å². The van der Waals surface area contributed by atoms with Gasteiger partial charge in [0.1, 0.15) is 17.6 Å². The smallest absolute Gasteiger partial charge is 0.248 e. The van der Waals surface area contributed by atoms with Gasteiger partial charge in [-0.3, -0.25) is 4.79 Å². The fourth-order valence-corrected chi connectivity index (χ4v) is 2.76. The Morgan fingerprint density at radius 2 is 1.67 bits per heavy atom. The van der Waals surface area contributed by atoms with E-state index in [1.807, 2.05) is 60.7 Å². The van der Waals surface area contributed by atoms with Gasteiger partial charge in [0.15, 0.2) is 6.61 Å². The van der Waals surface area contributed by atoms with Crippen LogP contribution in [0.25, 0.3) is 6.08 Å². The normalized spacial score (nSPS) is 10.4. The van der Waals surface area contributed by atoms with Crippen molar-refractivity contribution in [2.45, 2.75) is 6.42 Å². The number of hydrogen-bond donors (Lipinski definition) is 1. The lowest BCUT2D eigenvalue weighted by Gasteiger charge is -2.11. The first-order chi connectivity index (χ1) is 14.7. The molecule has 5 heteroatoms. The van der Waals surface area contributed by atoms with Gasteiger partial charge in [0.05, 0.1) is 12.3 Å². The zero-order valence-electron chi connectivity index (χ0n) is 16.5. The van der Waals surface area contributed by atoms with Crippen LogP contribution in [0.2, 0.25) is 0 Å². The Balaban J connectivity index is 1.54. The first-order valence-corrected chi connectivity index (χ1v) is 9.59. The highest BCUT2D eigenvalue weighted by Gasteiger charge is 2.06. The van der Waals surface area contributed by atoms with Crippen LogP contribution < -0.4 is 14.8 Å². The fourth-order valence-electron chi connectivity index (χ4n) is 2.76. The molecule has 0 spiro atoms. The molecule has 3 aromatic carbocycles. The highest BCUT2D eigenvalue weighted by Crippen LogP contribution is 2.24. The molecule has 30 heavy (non-hydrogen) atoms. The van der Waals surface area contributed by atoms with Crippen molar-refractivity contribution in [3.8, 4) is 17.6 Å². The standard InChI is InChI=1S/C25H22N2O3/c26-17-19-29-22-13-10-21(11-14-22)12-15-25(28)27-23-8-4-5-9-24(23)30-18-16-20-6-2-1-3-7-20/h1-15H,16,18-19H2,(H,27,28)/b15-12+. The average Bonchev–Trinajstić information content (AvgIpc) is 2.79. The van der Waals surface area contributed by atoms with Gasteiger partial charge in [0, 0.05) is 12.5 Å². The van der Waals surface area contributed by atoms with Gasteiger partial charge in [0.25, 0.3) is 0 Å². The fraction of sp³-hybridized carbons (Fsp3) is 0.120. The number of nitrogens with zero attached hydrogens (tertiary/aromatic N) is 1. The number of amides is 1. The van der Waals surface area contributed by atoms with Crippen molar-refractivity contribution in [3.63, 3.8) is 0 Å². The van der Waals surface area contributed by atoms with Crippen molar-refractivity contribution in [3.05, 3.63) is 96.1 Å². The third-order valence-electron chi connectivity index (χ3n) is 4.25. The van der Waals surface area contributed by atoms with Crippen LogP contribution in [0.15, 0.2) is 84.9 Å². The van der Waals surface area contributed by atoms with E-state index in [0.717, 1.165) is 12.0 Å². The maximum Gasteiger partial charge on any atom is 0.248 e. The van der Waals surface area contributed by atoms with Gasteiger partial charge in [-0.2, -0.15) is 5.26 Å². The van der Waals surface area contributed by atoms with Crippen LogP contribution in [-0.4, -0.2) is 19.1 Å². The van der Waals surface area contributed by atoms with Crippen molar-refractivity contribution >= 4 is 17.7 Å². The molecule has 3 rings (SSSR count). The summed E-state index contributed by atoms with van der Waals surface area (Å²) in [4.78, 5) is 12.3. The summed E-state index contributed by atoms with van der Waals surface area (Å²) in [7, 11) is 0. The molecule has 0 fully saturated rings. The maximum atomic E-state index is 12.3. The lowest BCUT2D eigenvalue weighted by atomic mass is 10.2. The number of carbonyl (C=O) groups is 1. The van der Waals surface area contributed by atoms with Crippen LogP contribution in [-0.2, 0) is 11.2 Å². The molecule has 0 aromatic heterocycles. The van der Waals surface area contributed by atoms with Gasteiger partial charge in [0.2, 0.25) is 5.91 Å². The lowest BCUT2D eigenvalue weighted by molar-refractivity contribution is -0.111. The molecule has 3 aromatic rings. The first-order valence-electron chi connectivity index (χ1n) is 9.59. The Morgan fingerprint density at radius 3 is 2.43 bits per heavy atom. The van der Waals surface area contributed by atoms with E-state index in [1.54, 1.807) is 18.2 Å². The van der Waals surface area contributed by atoms with E-state index in [0.29, 0.717) is 23.8 Å². The monoisotopic (exact) mass is 398 g/mol. The highest BCUT2D eigenvalue weighted by atomic mass is 16.5. The van der Waals surface area contributed by atoms with E-state index in [2.05, 4.69) is 17.4 Å². The second-order valence-electron chi connectivity index (χ2n) is 6.42. The Labute approximate surface area is 176 Å². The number of nitrogens with one attached hydrogen (secondary N) is 1. The van der Waals surface area contributed by atoms with E-state index in [1.165, 1.54) is 11.6 Å². The van der Waals surface area contributed by atoms with E-state index in [9.17, 15) is 4.79 Å². The number of anilines is 1. The Morgan fingerprint density at radius 1 is 0.933 bits per heavy atom. The molecular formula is C25H22N2O3. The number of ether oxygens (including phenoxy) is 2. The molecule has 0 aliphatic heterocycles. The predicted molar refractivity (Wildman–Crippen MR) is 117 cm³/mol. The zero-order chi connectivity index (χ0) is 21.0.